The van der Waals surface area contributed by atoms with Crippen LogP contribution < -0.4 is 5.32 Å². The minimum atomic E-state index is -1.19. The third-order valence-electron chi connectivity index (χ3n) is 4.95. The van der Waals surface area contributed by atoms with Gasteiger partial charge in [0.2, 0.25) is 5.91 Å². The van der Waals surface area contributed by atoms with Gasteiger partial charge in [-0.05, 0) is 23.6 Å². The van der Waals surface area contributed by atoms with Crippen molar-refractivity contribution >= 4 is 17.8 Å². The zero-order chi connectivity index (χ0) is 23.5. The SMILES string of the molecule is CCOC(=O)[C@H](NC(=O)Cc1ccccc1)[C@H](OC(=O)Cc1ccccc1)c1ccccc1. The van der Waals surface area contributed by atoms with Crippen LogP contribution >= 0.6 is 0 Å². The van der Waals surface area contributed by atoms with E-state index in [0.29, 0.717) is 5.56 Å². The number of rotatable bonds is 10. The molecule has 1 amide bonds. The fourth-order valence-corrected chi connectivity index (χ4v) is 3.41. The zero-order valence-electron chi connectivity index (χ0n) is 18.5. The molecule has 0 aliphatic carbocycles. The molecule has 3 aromatic carbocycles. The molecule has 0 aliphatic heterocycles. The Hall–Kier alpha value is -3.93. The maximum atomic E-state index is 12.9. The molecule has 1 N–H and O–H groups in total. The number of carbonyl (C=O) groups excluding carboxylic acids is 3. The molecule has 3 rings (SSSR count). The van der Waals surface area contributed by atoms with Gasteiger partial charge in [0.05, 0.1) is 19.4 Å². The van der Waals surface area contributed by atoms with Gasteiger partial charge in [0, 0.05) is 0 Å². The van der Waals surface area contributed by atoms with Crippen LogP contribution in [0.3, 0.4) is 0 Å². The summed E-state index contributed by atoms with van der Waals surface area (Å²) in [5.74, 6) is -1.55. The molecule has 0 bridgehead atoms. The third-order valence-corrected chi connectivity index (χ3v) is 4.95. The summed E-state index contributed by atoms with van der Waals surface area (Å²) in [5, 5.41) is 2.73. The molecule has 0 heterocycles. The molecule has 0 aliphatic rings. The molecule has 0 saturated heterocycles. The van der Waals surface area contributed by atoms with Crippen LogP contribution in [-0.2, 0) is 36.7 Å². The summed E-state index contributed by atoms with van der Waals surface area (Å²) in [6.45, 7) is 1.81. The van der Waals surface area contributed by atoms with Crippen LogP contribution in [0, 0.1) is 0 Å². The van der Waals surface area contributed by atoms with E-state index in [9.17, 15) is 14.4 Å². The molecule has 0 fully saturated rings. The summed E-state index contributed by atoms with van der Waals surface area (Å²) >= 11 is 0. The summed E-state index contributed by atoms with van der Waals surface area (Å²) < 4.78 is 11.0. The maximum Gasteiger partial charge on any atom is 0.332 e. The van der Waals surface area contributed by atoms with E-state index in [4.69, 9.17) is 9.47 Å². The lowest BCUT2D eigenvalue weighted by Crippen LogP contribution is -2.47. The van der Waals surface area contributed by atoms with Crippen LogP contribution in [0.1, 0.15) is 29.7 Å². The lowest BCUT2D eigenvalue weighted by atomic mass is 10.0. The molecule has 0 aromatic heterocycles. The van der Waals surface area contributed by atoms with Gasteiger partial charge in [-0.2, -0.15) is 0 Å². The van der Waals surface area contributed by atoms with Crippen LogP contribution in [0.25, 0.3) is 0 Å². The molecule has 33 heavy (non-hydrogen) atoms. The predicted molar refractivity (Wildman–Crippen MR) is 124 cm³/mol. The Bertz CT molecular complexity index is 1040. The van der Waals surface area contributed by atoms with E-state index in [0.717, 1.165) is 11.1 Å². The molecular formula is C27H27NO5. The number of benzene rings is 3. The minimum absolute atomic E-state index is 0.0394. The van der Waals surface area contributed by atoms with Crippen LogP contribution in [0.5, 0.6) is 0 Å². The fourth-order valence-electron chi connectivity index (χ4n) is 3.41. The van der Waals surface area contributed by atoms with Gasteiger partial charge in [0.15, 0.2) is 12.1 Å². The second kappa shape index (κ2) is 12.2. The summed E-state index contributed by atoms with van der Waals surface area (Å²) in [5.41, 5.74) is 2.17. The number of esters is 2. The van der Waals surface area contributed by atoms with Crippen molar-refractivity contribution in [1.82, 2.24) is 5.32 Å². The highest BCUT2D eigenvalue weighted by molar-refractivity contribution is 5.86. The van der Waals surface area contributed by atoms with E-state index in [2.05, 4.69) is 5.32 Å². The largest absolute Gasteiger partial charge is 0.464 e. The Kier molecular flexibility index (Phi) is 8.77. The average molecular weight is 446 g/mol. The lowest BCUT2D eigenvalue weighted by molar-refractivity contribution is -0.160. The van der Waals surface area contributed by atoms with Gasteiger partial charge in [0.1, 0.15) is 0 Å². The summed E-state index contributed by atoms with van der Waals surface area (Å²) in [6.07, 6.45) is -0.922. The number of hydrogen-bond acceptors (Lipinski definition) is 5. The zero-order valence-corrected chi connectivity index (χ0v) is 18.5. The summed E-state index contributed by atoms with van der Waals surface area (Å²) in [6, 6.07) is 26.0. The number of carbonyl (C=O) groups is 3. The molecule has 6 heteroatoms. The standard InChI is InChI=1S/C27H27NO5/c1-2-32-27(31)25(28-23(29)18-20-12-6-3-7-13-20)26(22-16-10-5-11-17-22)33-24(30)19-21-14-8-4-9-15-21/h3-17,25-26H,2,18-19H2,1H3,(H,28,29)/t25-,26-/m1/s1. The van der Waals surface area contributed by atoms with Crippen molar-refractivity contribution in [2.45, 2.75) is 31.9 Å². The fraction of sp³-hybridized carbons (Fsp3) is 0.222. The second-order valence-electron chi connectivity index (χ2n) is 7.44. The maximum absolute atomic E-state index is 12.9. The Morgan fingerprint density at radius 2 is 1.27 bits per heavy atom. The third kappa shape index (κ3) is 7.31. The first-order chi connectivity index (χ1) is 16.1. The smallest absolute Gasteiger partial charge is 0.332 e. The summed E-state index contributed by atoms with van der Waals surface area (Å²) in [4.78, 5) is 38.4. The molecule has 170 valence electrons. The van der Waals surface area contributed by atoms with E-state index in [1.807, 2.05) is 66.7 Å². The van der Waals surface area contributed by atoms with Crippen molar-refractivity contribution in [2.24, 2.45) is 0 Å². The molecule has 3 aromatic rings. The Morgan fingerprint density at radius 1 is 0.758 bits per heavy atom. The van der Waals surface area contributed by atoms with Gasteiger partial charge < -0.3 is 14.8 Å². The van der Waals surface area contributed by atoms with Crippen molar-refractivity contribution in [3.63, 3.8) is 0 Å². The van der Waals surface area contributed by atoms with E-state index in [1.165, 1.54) is 0 Å². The first-order valence-electron chi connectivity index (χ1n) is 10.8. The van der Waals surface area contributed by atoms with E-state index in [-0.39, 0.29) is 25.4 Å². The normalized spacial score (nSPS) is 12.3. The number of amides is 1. The van der Waals surface area contributed by atoms with Crippen molar-refractivity contribution < 1.29 is 23.9 Å². The van der Waals surface area contributed by atoms with E-state index >= 15 is 0 Å². The molecule has 0 radical (unpaired) electrons. The van der Waals surface area contributed by atoms with Gasteiger partial charge in [-0.1, -0.05) is 91.0 Å². The average Bonchev–Trinajstić information content (AvgIpc) is 2.83. The van der Waals surface area contributed by atoms with Gasteiger partial charge >= 0.3 is 11.9 Å². The number of nitrogens with one attached hydrogen (secondary N) is 1. The lowest BCUT2D eigenvalue weighted by Gasteiger charge is -2.27. The highest BCUT2D eigenvalue weighted by Gasteiger charge is 2.35. The van der Waals surface area contributed by atoms with Gasteiger partial charge in [0.25, 0.3) is 0 Å². The van der Waals surface area contributed by atoms with Crippen molar-refractivity contribution in [3.05, 3.63) is 108 Å². The molecule has 0 spiro atoms. The van der Waals surface area contributed by atoms with Gasteiger partial charge in [-0.3, -0.25) is 9.59 Å². The van der Waals surface area contributed by atoms with E-state index < -0.39 is 24.1 Å². The minimum Gasteiger partial charge on any atom is -0.464 e. The van der Waals surface area contributed by atoms with Crippen LogP contribution in [0.15, 0.2) is 91.0 Å². The van der Waals surface area contributed by atoms with Gasteiger partial charge in [-0.15, -0.1) is 0 Å². The monoisotopic (exact) mass is 445 g/mol. The molecule has 2 atom stereocenters. The predicted octanol–water partition coefficient (Wildman–Crippen LogP) is 3.80. The van der Waals surface area contributed by atoms with Crippen LogP contribution in [0.4, 0.5) is 0 Å². The topological polar surface area (TPSA) is 81.7 Å². The van der Waals surface area contributed by atoms with Crippen LogP contribution in [0.2, 0.25) is 0 Å². The molecule has 0 unspecified atom stereocenters. The van der Waals surface area contributed by atoms with Crippen molar-refractivity contribution in [1.29, 1.82) is 0 Å². The Labute approximate surface area is 193 Å². The van der Waals surface area contributed by atoms with E-state index in [1.54, 1.807) is 31.2 Å². The number of hydrogen-bond donors (Lipinski definition) is 1. The second-order valence-corrected chi connectivity index (χ2v) is 7.44. The van der Waals surface area contributed by atoms with Crippen molar-refractivity contribution in [2.75, 3.05) is 6.61 Å². The Morgan fingerprint density at radius 3 is 1.82 bits per heavy atom. The molecule has 6 nitrogen and oxygen atoms in total. The number of ether oxygens (including phenoxy) is 2. The Balaban J connectivity index is 1.84. The molecule has 0 saturated carbocycles. The first kappa shape index (κ1) is 23.7. The van der Waals surface area contributed by atoms with Gasteiger partial charge in [-0.25, -0.2) is 4.79 Å². The highest BCUT2D eigenvalue weighted by atomic mass is 16.6. The molecular weight excluding hydrogens is 418 g/mol. The first-order valence-corrected chi connectivity index (χ1v) is 10.8. The van der Waals surface area contributed by atoms with Crippen LogP contribution in [-0.4, -0.2) is 30.5 Å². The summed E-state index contributed by atoms with van der Waals surface area (Å²) in [7, 11) is 0. The highest BCUT2D eigenvalue weighted by Crippen LogP contribution is 2.24. The van der Waals surface area contributed by atoms with Crippen molar-refractivity contribution in [3.8, 4) is 0 Å². The quantitative estimate of drug-likeness (QED) is 0.480.